The first-order valence-electron chi connectivity index (χ1n) is 9.83. The summed E-state index contributed by atoms with van der Waals surface area (Å²) < 4.78 is 0. The van der Waals surface area contributed by atoms with Gasteiger partial charge >= 0.3 is 0 Å². The Labute approximate surface area is 170 Å². The Morgan fingerprint density at radius 1 is 1.14 bits per heavy atom. The fourth-order valence-corrected chi connectivity index (χ4v) is 4.10. The summed E-state index contributed by atoms with van der Waals surface area (Å²) >= 11 is 0. The average molecular weight is 388 g/mol. The van der Waals surface area contributed by atoms with Crippen LogP contribution in [-0.2, 0) is 9.59 Å². The lowest BCUT2D eigenvalue weighted by molar-refractivity contribution is -0.117. The van der Waals surface area contributed by atoms with Crippen molar-refractivity contribution < 1.29 is 9.59 Å². The number of ketones is 1. The quantitative estimate of drug-likeness (QED) is 0.839. The minimum absolute atomic E-state index is 0.0770. The van der Waals surface area contributed by atoms with Crippen molar-refractivity contribution in [3.8, 4) is 0 Å². The molecule has 0 spiro atoms. The number of allylic oxidation sites excluding steroid dienone is 3. The number of aromatic nitrogens is 2. The molecule has 6 nitrogen and oxygen atoms in total. The number of nitrogens with zero attached hydrogens (tertiary/aromatic N) is 2. The third-order valence-electron chi connectivity index (χ3n) is 5.41. The van der Waals surface area contributed by atoms with Crippen LogP contribution in [0.3, 0.4) is 0 Å². The highest BCUT2D eigenvalue weighted by molar-refractivity contribution is 6.09. The summed E-state index contributed by atoms with van der Waals surface area (Å²) in [6.45, 7) is 5.89. The Hall–Kier alpha value is -3.28. The number of carbonyl (C=O) groups is 2. The van der Waals surface area contributed by atoms with Gasteiger partial charge in [-0.2, -0.15) is 0 Å². The SMILES string of the molecule is CC1=C(C(=O)Nc2ccc(C)cn2)C(c2ccccn2)C2=C(CC(C)CC2=O)N1. The summed E-state index contributed by atoms with van der Waals surface area (Å²) in [5.74, 6) is 0.0631. The molecule has 2 aliphatic rings. The smallest absolute Gasteiger partial charge is 0.255 e. The van der Waals surface area contributed by atoms with Crippen molar-refractivity contribution >= 4 is 17.5 Å². The highest BCUT2D eigenvalue weighted by Crippen LogP contribution is 2.42. The molecular weight excluding hydrogens is 364 g/mol. The van der Waals surface area contributed by atoms with Crippen molar-refractivity contribution in [1.29, 1.82) is 0 Å². The molecule has 0 saturated carbocycles. The molecule has 1 aliphatic carbocycles. The average Bonchev–Trinajstić information content (AvgIpc) is 2.69. The predicted molar refractivity (Wildman–Crippen MR) is 111 cm³/mol. The van der Waals surface area contributed by atoms with Crippen LogP contribution in [0.5, 0.6) is 0 Å². The number of hydrogen-bond donors (Lipinski definition) is 2. The number of anilines is 1. The van der Waals surface area contributed by atoms with Gasteiger partial charge < -0.3 is 10.6 Å². The Kier molecular flexibility index (Phi) is 5.01. The van der Waals surface area contributed by atoms with Crippen LogP contribution in [-0.4, -0.2) is 21.7 Å². The summed E-state index contributed by atoms with van der Waals surface area (Å²) in [6.07, 6.45) is 4.67. The molecule has 4 rings (SSSR count). The maximum atomic E-state index is 13.3. The third-order valence-corrected chi connectivity index (χ3v) is 5.41. The third kappa shape index (κ3) is 3.70. The van der Waals surface area contributed by atoms with Gasteiger partial charge in [-0.15, -0.1) is 0 Å². The van der Waals surface area contributed by atoms with E-state index >= 15 is 0 Å². The largest absolute Gasteiger partial charge is 0.362 e. The lowest BCUT2D eigenvalue weighted by atomic mass is 9.74. The molecule has 1 amide bonds. The lowest BCUT2D eigenvalue weighted by Gasteiger charge is -2.35. The van der Waals surface area contributed by atoms with E-state index in [0.717, 1.165) is 23.4 Å². The molecule has 0 radical (unpaired) electrons. The maximum Gasteiger partial charge on any atom is 0.255 e. The van der Waals surface area contributed by atoms with E-state index in [4.69, 9.17) is 0 Å². The number of carbonyl (C=O) groups excluding carboxylic acids is 2. The molecule has 0 fully saturated rings. The fraction of sp³-hybridized carbons (Fsp3) is 0.304. The molecule has 2 atom stereocenters. The number of nitrogens with one attached hydrogen (secondary N) is 2. The molecule has 0 saturated heterocycles. The van der Waals surface area contributed by atoms with Gasteiger partial charge in [-0.3, -0.25) is 14.6 Å². The summed E-state index contributed by atoms with van der Waals surface area (Å²) in [4.78, 5) is 35.0. The maximum absolute atomic E-state index is 13.3. The van der Waals surface area contributed by atoms with E-state index in [2.05, 4.69) is 27.5 Å². The van der Waals surface area contributed by atoms with E-state index in [0.29, 0.717) is 29.1 Å². The van der Waals surface area contributed by atoms with Gasteiger partial charge in [-0.25, -0.2) is 4.98 Å². The Balaban J connectivity index is 1.77. The summed E-state index contributed by atoms with van der Waals surface area (Å²) in [6, 6.07) is 9.25. The van der Waals surface area contributed by atoms with Crippen molar-refractivity contribution in [1.82, 2.24) is 15.3 Å². The molecule has 2 unspecified atom stereocenters. The van der Waals surface area contributed by atoms with Gasteiger partial charge in [-0.1, -0.05) is 19.1 Å². The molecule has 3 heterocycles. The van der Waals surface area contributed by atoms with Crippen LogP contribution >= 0.6 is 0 Å². The minimum atomic E-state index is -0.488. The zero-order valence-electron chi connectivity index (χ0n) is 16.8. The number of pyridine rings is 2. The van der Waals surface area contributed by atoms with Gasteiger partial charge in [0, 0.05) is 41.4 Å². The molecule has 2 aromatic rings. The number of Topliss-reactive ketones (excluding diaryl/α,β-unsaturated/α-hetero) is 1. The van der Waals surface area contributed by atoms with Crippen LogP contribution in [0.2, 0.25) is 0 Å². The van der Waals surface area contributed by atoms with E-state index in [-0.39, 0.29) is 17.6 Å². The van der Waals surface area contributed by atoms with Gasteiger partial charge in [0.25, 0.3) is 5.91 Å². The van der Waals surface area contributed by atoms with E-state index < -0.39 is 5.92 Å². The standard InChI is InChI=1S/C23H24N4O2/c1-13-7-8-19(25-12-13)27-23(29)20-15(3)26-17-10-14(2)11-18(28)21(17)22(20)16-6-4-5-9-24-16/h4-9,12,14,22,26H,10-11H2,1-3H3,(H,25,27,29). The minimum Gasteiger partial charge on any atom is -0.362 e. The molecule has 0 bridgehead atoms. The zero-order chi connectivity index (χ0) is 20.5. The molecule has 29 heavy (non-hydrogen) atoms. The summed E-state index contributed by atoms with van der Waals surface area (Å²) in [5.41, 5.74) is 4.53. The second-order valence-electron chi connectivity index (χ2n) is 7.86. The van der Waals surface area contributed by atoms with E-state index in [1.54, 1.807) is 18.5 Å². The molecule has 6 heteroatoms. The Morgan fingerprint density at radius 2 is 1.97 bits per heavy atom. The van der Waals surface area contributed by atoms with Crippen molar-refractivity contribution in [2.75, 3.05) is 5.32 Å². The summed E-state index contributed by atoms with van der Waals surface area (Å²) in [7, 11) is 0. The van der Waals surface area contributed by atoms with Crippen molar-refractivity contribution in [3.63, 3.8) is 0 Å². The first kappa shape index (κ1) is 19.1. The van der Waals surface area contributed by atoms with Gasteiger partial charge in [0.2, 0.25) is 0 Å². The van der Waals surface area contributed by atoms with Crippen LogP contribution in [0.25, 0.3) is 0 Å². The normalized spacial score (nSPS) is 21.6. The van der Waals surface area contributed by atoms with Crippen molar-refractivity contribution in [3.05, 3.63) is 76.5 Å². The van der Waals surface area contributed by atoms with Crippen LogP contribution in [0, 0.1) is 12.8 Å². The molecule has 2 aromatic heterocycles. The second kappa shape index (κ2) is 7.62. The van der Waals surface area contributed by atoms with E-state index in [9.17, 15) is 9.59 Å². The van der Waals surface area contributed by atoms with Crippen LogP contribution in [0.15, 0.2) is 65.3 Å². The van der Waals surface area contributed by atoms with Crippen molar-refractivity contribution in [2.45, 2.75) is 39.5 Å². The molecule has 1 aliphatic heterocycles. The Bertz CT molecular complexity index is 1020. The molecule has 148 valence electrons. The van der Waals surface area contributed by atoms with Crippen LogP contribution in [0.1, 0.15) is 43.9 Å². The number of aryl methyl sites for hydroxylation is 1. The van der Waals surface area contributed by atoms with Gasteiger partial charge in [-0.05, 0) is 49.9 Å². The monoisotopic (exact) mass is 388 g/mol. The predicted octanol–water partition coefficient (Wildman–Crippen LogP) is 3.64. The van der Waals surface area contributed by atoms with Crippen molar-refractivity contribution in [2.24, 2.45) is 5.92 Å². The number of dihydropyridines is 1. The first-order chi connectivity index (χ1) is 13.9. The fourth-order valence-electron chi connectivity index (χ4n) is 4.10. The van der Waals surface area contributed by atoms with E-state index in [1.807, 2.05) is 38.1 Å². The lowest BCUT2D eigenvalue weighted by Crippen LogP contribution is -2.37. The second-order valence-corrected chi connectivity index (χ2v) is 7.86. The highest BCUT2D eigenvalue weighted by Gasteiger charge is 2.40. The number of amides is 1. The molecular formula is C23H24N4O2. The number of hydrogen-bond acceptors (Lipinski definition) is 5. The van der Waals surface area contributed by atoms with Crippen LogP contribution in [0.4, 0.5) is 5.82 Å². The highest BCUT2D eigenvalue weighted by atomic mass is 16.2. The molecule has 2 N–H and O–H groups in total. The Morgan fingerprint density at radius 3 is 2.66 bits per heavy atom. The zero-order valence-corrected chi connectivity index (χ0v) is 16.8. The van der Waals surface area contributed by atoms with Gasteiger partial charge in [0.1, 0.15) is 5.82 Å². The van der Waals surface area contributed by atoms with Gasteiger partial charge in [0.05, 0.1) is 11.6 Å². The topological polar surface area (TPSA) is 84.0 Å². The van der Waals surface area contributed by atoms with E-state index in [1.165, 1.54) is 0 Å². The van der Waals surface area contributed by atoms with Gasteiger partial charge in [0.15, 0.2) is 5.78 Å². The first-order valence-corrected chi connectivity index (χ1v) is 9.83. The number of rotatable bonds is 3. The summed E-state index contributed by atoms with van der Waals surface area (Å²) in [5, 5.41) is 6.21. The molecule has 0 aromatic carbocycles. The van der Waals surface area contributed by atoms with Crippen LogP contribution < -0.4 is 10.6 Å².